The summed E-state index contributed by atoms with van der Waals surface area (Å²) in [5.41, 5.74) is 3.14. The summed E-state index contributed by atoms with van der Waals surface area (Å²) in [7, 11) is 0. The third-order valence-corrected chi connectivity index (χ3v) is 13.9. The number of hydrogen-bond acceptors (Lipinski definition) is 5. The SMILES string of the molecule is C=CCOC(=O)C(N1C(=O)[C@H](C(C)C)[C@H]1CC(=O)c1cc(C)n(CCc2ccccc2)n1)=P(CCCC)(CCCC)CCCC. The fourth-order valence-electron chi connectivity index (χ4n) is 6.58. The zero-order valence-corrected chi connectivity index (χ0v) is 29.5. The van der Waals surface area contributed by atoms with Gasteiger partial charge in [0.05, 0.1) is 12.0 Å². The predicted molar refractivity (Wildman–Crippen MR) is 187 cm³/mol. The van der Waals surface area contributed by atoms with Crippen molar-refractivity contribution in [2.75, 3.05) is 25.1 Å². The van der Waals surface area contributed by atoms with Gasteiger partial charge in [-0.15, -0.1) is 0 Å². The second-order valence-electron chi connectivity index (χ2n) is 12.9. The Morgan fingerprint density at radius 2 is 1.62 bits per heavy atom. The lowest BCUT2D eigenvalue weighted by molar-refractivity contribution is -0.153. The van der Waals surface area contributed by atoms with Gasteiger partial charge in [0, 0.05) is 18.7 Å². The van der Waals surface area contributed by atoms with Crippen LogP contribution in [0.25, 0.3) is 0 Å². The molecule has 2 heterocycles. The molecule has 2 atom stereocenters. The molecule has 0 radical (unpaired) electrons. The third kappa shape index (κ3) is 9.09. The predicted octanol–water partition coefficient (Wildman–Crippen LogP) is 7.77. The first-order valence-electron chi connectivity index (χ1n) is 17.1. The molecule has 1 aromatic heterocycles. The van der Waals surface area contributed by atoms with E-state index in [0.717, 1.165) is 69.1 Å². The number of ether oxygens (including phenoxy) is 1. The number of hydrogen-bond donors (Lipinski definition) is 0. The molecule has 1 aliphatic heterocycles. The number of Topliss-reactive ketones (excluding diaryl/α,β-unsaturated/α-hetero) is 1. The molecule has 0 spiro atoms. The molecule has 1 aromatic carbocycles. The Morgan fingerprint density at radius 1 is 1.02 bits per heavy atom. The van der Waals surface area contributed by atoms with Gasteiger partial charge in [0.2, 0.25) is 5.91 Å². The van der Waals surface area contributed by atoms with Crippen molar-refractivity contribution in [1.82, 2.24) is 14.7 Å². The second kappa shape index (κ2) is 17.7. The summed E-state index contributed by atoms with van der Waals surface area (Å²) in [4.78, 5) is 43.8. The summed E-state index contributed by atoms with van der Waals surface area (Å²) in [5.74, 6) is -0.838. The number of esters is 1. The highest BCUT2D eigenvalue weighted by Gasteiger charge is 2.54. The van der Waals surface area contributed by atoms with Crippen LogP contribution in [-0.2, 0) is 27.3 Å². The highest BCUT2D eigenvalue weighted by Crippen LogP contribution is 2.54. The lowest BCUT2D eigenvalue weighted by Gasteiger charge is -2.51. The minimum Gasteiger partial charge on any atom is -0.457 e. The van der Waals surface area contributed by atoms with E-state index in [-0.39, 0.29) is 36.6 Å². The lowest BCUT2D eigenvalue weighted by atomic mass is 9.76. The number of ketones is 1. The summed E-state index contributed by atoms with van der Waals surface area (Å²) >= 11 is 0. The molecule has 1 fully saturated rings. The molecule has 2 aromatic rings. The first-order valence-corrected chi connectivity index (χ1v) is 19.4. The standard InChI is InChI=1S/C37H56N3O4P/c1-8-12-23-45(24-13-9-2,25-14-10-3)36(37(43)44-22-11-4)40-32(34(28(5)6)35(40)42)27-33(41)31-26-29(7)39(38-31)21-20-30-18-16-15-17-19-30/h11,15-19,26,28,32,34H,4,8-10,12-14,20-25,27H2,1-3,5-7H3/t32-,34-/m1/s1. The van der Waals surface area contributed by atoms with Crippen molar-refractivity contribution in [3.05, 3.63) is 66.0 Å². The number of benzene rings is 1. The Kier molecular flexibility index (Phi) is 14.4. The first-order chi connectivity index (χ1) is 21.6. The molecule has 8 heteroatoms. The van der Waals surface area contributed by atoms with Gasteiger partial charge in [-0.05, 0) is 68.6 Å². The van der Waals surface area contributed by atoms with E-state index < -0.39 is 18.9 Å². The van der Waals surface area contributed by atoms with Gasteiger partial charge in [-0.3, -0.25) is 14.3 Å². The number of carbonyl (C=O) groups is 3. The molecule has 45 heavy (non-hydrogen) atoms. The van der Waals surface area contributed by atoms with Crippen molar-refractivity contribution >= 4 is 30.0 Å². The van der Waals surface area contributed by atoms with Crippen LogP contribution in [0.3, 0.4) is 0 Å². The number of rotatable bonds is 20. The number of unbranched alkanes of at least 4 members (excludes halogenated alkanes) is 3. The van der Waals surface area contributed by atoms with Crippen molar-refractivity contribution in [3.8, 4) is 0 Å². The first kappa shape index (κ1) is 36.5. The van der Waals surface area contributed by atoms with Crippen LogP contribution in [0, 0.1) is 18.8 Å². The van der Waals surface area contributed by atoms with Crippen molar-refractivity contribution in [2.24, 2.45) is 11.8 Å². The molecule has 248 valence electrons. The number of aryl methyl sites for hydroxylation is 3. The number of β-lactam (4-membered cyclic amide) rings is 1. The van der Waals surface area contributed by atoms with Crippen LogP contribution < -0.4 is 0 Å². The molecule has 0 saturated carbocycles. The maximum absolute atomic E-state index is 14.1. The van der Waals surface area contributed by atoms with Gasteiger partial charge in [-0.2, -0.15) is 5.10 Å². The van der Waals surface area contributed by atoms with Crippen molar-refractivity contribution in [2.45, 2.75) is 105 Å². The van der Waals surface area contributed by atoms with Crippen LogP contribution in [0.5, 0.6) is 0 Å². The summed E-state index contributed by atoms with van der Waals surface area (Å²) in [6.45, 7) is 15.0. The third-order valence-electron chi connectivity index (χ3n) is 9.11. The molecule has 1 aliphatic rings. The Hall–Kier alpha value is -2.92. The molecule has 3 rings (SSSR count). The monoisotopic (exact) mass is 637 g/mol. The van der Waals surface area contributed by atoms with Gasteiger partial charge in [-0.25, -0.2) is 4.79 Å². The average molecular weight is 638 g/mol. The van der Waals surface area contributed by atoms with Crippen LogP contribution in [0.4, 0.5) is 0 Å². The van der Waals surface area contributed by atoms with Crippen molar-refractivity contribution in [1.29, 1.82) is 0 Å². The van der Waals surface area contributed by atoms with E-state index in [9.17, 15) is 14.4 Å². The Balaban J connectivity index is 2.04. The molecule has 1 saturated heterocycles. The summed E-state index contributed by atoms with van der Waals surface area (Å²) in [6.07, 6.45) is 11.3. The van der Waals surface area contributed by atoms with Gasteiger partial charge >= 0.3 is 5.97 Å². The number of aromatic nitrogens is 2. The summed E-state index contributed by atoms with van der Waals surface area (Å²) in [6, 6.07) is 11.7. The summed E-state index contributed by atoms with van der Waals surface area (Å²) in [5, 5.41) is 4.70. The molecule has 0 unspecified atom stereocenters. The van der Waals surface area contributed by atoms with Crippen LogP contribution >= 0.6 is 6.89 Å². The van der Waals surface area contributed by atoms with Crippen LogP contribution in [0.15, 0.2) is 49.1 Å². The smallest absolute Gasteiger partial charge is 0.355 e. The van der Waals surface area contributed by atoms with E-state index in [4.69, 9.17) is 9.84 Å². The molecule has 1 amide bonds. The topological polar surface area (TPSA) is 81.5 Å². The zero-order valence-electron chi connectivity index (χ0n) is 28.6. The van der Waals surface area contributed by atoms with E-state index in [0.29, 0.717) is 17.7 Å². The average Bonchev–Trinajstić information content (AvgIpc) is 3.41. The van der Waals surface area contributed by atoms with Gasteiger partial charge in [0.1, 0.15) is 17.7 Å². The molecule has 7 nitrogen and oxygen atoms in total. The molecular weight excluding hydrogens is 581 g/mol. The number of carbonyl (C=O) groups excluding carboxylic acids is 3. The number of nitrogens with zero attached hydrogens (tertiary/aromatic N) is 3. The highest BCUT2D eigenvalue weighted by molar-refractivity contribution is 7.77. The van der Waals surface area contributed by atoms with Gasteiger partial charge < -0.3 is 9.64 Å². The van der Waals surface area contributed by atoms with Crippen molar-refractivity contribution < 1.29 is 19.1 Å². The Bertz CT molecular complexity index is 1320. The Morgan fingerprint density at radius 3 is 2.16 bits per heavy atom. The van der Waals surface area contributed by atoms with Gasteiger partial charge in [0.25, 0.3) is 0 Å². The zero-order chi connectivity index (χ0) is 33.0. The van der Waals surface area contributed by atoms with E-state index >= 15 is 0 Å². The van der Waals surface area contributed by atoms with Crippen LogP contribution in [-0.4, -0.2) is 68.9 Å². The van der Waals surface area contributed by atoms with E-state index in [1.165, 1.54) is 5.56 Å². The van der Waals surface area contributed by atoms with Crippen LogP contribution in [0.1, 0.15) is 101 Å². The number of likely N-dealkylation sites (tertiary alicyclic amines) is 1. The van der Waals surface area contributed by atoms with Gasteiger partial charge in [0.15, 0.2) is 5.78 Å². The van der Waals surface area contributed by atoms with Gasteiger partial charge in [-0.1, -0.05) is 104 Å². The number of amides is 1. The molecule has 0 bridgehead atoms. The lowest BCUT2D eigenvalue weighted by Crippen LogP contribution is -2.67. The minimum absolute atomic E-state index is 0.0387. The normalized spacial score (nSPS) is 16.5. The van der Waals surface area contributed by atoms with Crippen LogP contribution in [0.2, 0.25) is 0 Å². The molecule has 0 N–H and O–H groups in total. The second-order valence-corrected chi connectivity index (χ2v) is 16.9. The van der Waals surface area contributed by atoms with E-state index in [1.807, 2.05) is 49.7 Å². The maximum Gasteiger partial charge on any atom is 0.355 e. The maximum atomic E-state index is 14.1. The molecule has 0 aliphatic carbocycles. The quantitative estimate of drug-likeness (QED) is 0.0487. The Labute approximate surface area is 271 Å². The largest absolute Gasteiger partial charge is 0.457 e. The fraction of sp³-hybridized carbons (Fsp3) is 0.595. The summed E-state index contributed by atoms with van der Waals surface area (Å²) < 4.78 is 7.65. The highest BCUT2D eigenvalue weighted by atomic mass is 31.2. The minimum atomic E-state index is -2.08. The van der Waals surface area contributed by atoms with Crippen molar-refractivity contribution in [3.63, 3.8) is 0 Å². The van der Waals surface area contributed by atoms with E-state index in [2.05, 4.69) is 39.5 Å². The van der Waals surface area contributed by atoms with E-state index in [1.54, 1.807) is 11.0 Å². The molecular formula is C37H56N3O4P. The fourth-order valence-corrected chi connectivity index (χ4v) is 11.8.